The predicted octanol–water partition coefficient (Wildman–Crippen LogP) is 2.52. The molecule has 1 aliphatic rings. The van der Waals surface area contributed by atoms with Crippen LogP contribution in [-0.4, -0.2) is 46.5 Å². The first-order valence-electron chi connectivity index (χ1n) is 9.10. The minimum Gasteiger partial charge on any atom is -0.312 e. The van der Waals surface area contributed by atoms with Gasteiger partial charge >= 0.3 is 0 Å². The van der Waals surface area contributed by atoms with E-state index in [9.17, 15) is 4.79 Å². The molecule has 7 heteroatoms. The molecule has 0 saturated carbocycles. The van der Waals surface area contributed by atoms with Gasteiger partial charge in [-0.25, -0.2) is 4.98 Å². The largest absolute Gasteiger partial charge is 0.312 e. The fourth-order valence-corrected chi connectivity index (χ4v) is 4.39. The maximum atomic E-state index is 11.2. The van der Waals surface area contributed by atoms with Crippen LogP contribution in [0.4, 0.5) is 5.13 Å². The summed E-state index contributed by atoms with van der Waals surface area (Å²) in [6.07, 6.45) is 4.03. The molecule has 0 spiro atoms. The first-order chi connectivity index (χ1) is 12.5. The molecule has 3 rings (SSSR count). The number of pyridine rings is 1. The van der Waals surface area contributed by atoms with Gasteiger partial charge in [0.25, 0.3) is 0 Å². The Hall–Kier alpha value is -1.83. The van der Waals surface area contributed by atoms with Gasteiger partial charge in [0.1, 0.15) is 0 Å². The van der Waals surface area contributed by atoms with Gasteiger partial charge < -0.3 is 10.6 Å². The zero-order chi connectivity index (χ0) is 18.5. The quantitative estimate of drug-likeness (QED) is 0.843. The van der Waals surface area contributed by atoms with Gasteiger partial charge in [0.15, 0.2) is 5.13 Å². The number of hydrogen-bond donors (Lipinski definition) is 2. The molecule has 1 unspecified atom stereocenters. The third-order valence-corrected chi connectivity index (χ3v) is 5.30. The van der Waals surface area contributed by atoms with Crippen LogP contribution in [0.1, 0.15) is 35.2 Å². The second-order valence-electron chi connectivity index (χ2n) is 7.01. The number of carbonyl (C=O) groups excluding carboxylic acids is 1. The van der Waals surface area contributed by atoms with E-state index in [1.807, 2.05) is 6.20 Å². The first kappa shape index (κ1) is 18.9. The van der Waals surface area contributed by atoms with Gasteiger partial charge in [-0.15, -0.1) is 11.3 Å². The number of hydrogen-bond acceptors (Lipinski definition) is 6. The van der Waals surface area contributed by atoms with E-state index in [4.69, 9.17) is 0 Å². The Bertz CT molecular complexity index is 740. The van der Waals surface area contributed by atoms with Gasteiger partial charge in [0.05, 0.1) is 0 Å². The van der Waals surface area contributed by atoms with Crippen LogP contribution in [0.25, 0.3) is 0 Å². The van der Waals surface area contributed by atoms with Crippen LogP contribution in [0.15, 0.2) is 18.3 Å². The molecule has 1 atom stereocenters. The molecule has 1 saturated heterocycles. The Morgan fingerprint density at radius 2 is 2.15 bits per heavy atom. The zero-order valence-electron chi connectivity index (χ0n) is 15.7. The lowest BCUT2D eigenvalue weighted by Gasteiger charge is -2.24. The van der Waals surface area contributed by atoms with E-state index in [1.165, 1.54) is 17.4 Å². The highest BCUT2D eigenvalue weighted by atomic mass is 32.1. The summed E-state index contributed by atoms with van der Waals surface area (Å²) in [5, 5.41) is 7.12. The van der Waals surface area contributed by atoms with E-state index in [2.05, 4.69) is 51.5 Å². The van der Waals surface area contributed by atoms with Crippen LogP contribution < -0.4 is 10.6 Å². The van der Waals surface area contributed by atoms with Gasteiger partial charge in [-0.05, 0) is 57.5 Å². The normalized spacial score (nSPS) is 18.5. The lowest BCUT2D eigenvalue weighted by Crippen LogP contribution is -2.38. The summed E-state index contributed by atoms with van der Waals surface area (Å²) in [5.41, 5.74) is 3.52. The lowest BCUT2D eigenvalue weighted by atomic mass is 10.0. The van der Waals surface area contributed by atoms with E-state index in [1.54, 1.807) is 11.3 Å². The monoisotopic (exact) mass is 373 g/mol. The number of carbonyl (C=O) groups is 1. The molecule has 26 heavy (non-hydrogen) atoms. The Morgan fingerprint density at radius 1 is 1.38 bits per heavy atom. The Kier molecular flexibility index (Phi) is 6.34. The summed E-state index contributed by atoms with van der Waals surface area (Å²) in [6, 6.07) is 4.81. The van der Waals surface area contributed by atoms with Crippen molar-refractivity contribution in [1.82, 2.24) is 20.2 Å². The van der Waals surface area contributed by atoms with Crippen molar-refractivity contribution in [3.05, 3.63) is 40.2 Å². The van der Waals surface area contributed by atoms with E-state index < -0.39 is 0 Å². The molecule has 1 fully saturated rings. The molecule has 0 radical (unpaired) electrons. The average Bonchev–Trinajstić information content (AvgIpc) is 2.84. The Balaban J connectivity index is 1.61. The molecular weight excluding hydrogens is 346 g/mol. The number of nitrogens with one attached hydrogen (secondary N) is 2. The molecule has 3 heterocycles. The second kappa shape index (κ2) is 8.70. The number of aromatic nitrogens is 2. The fraction of sp³-hybridized carbons (Fsp3) is 0.526. The van der Waals surface area contributed by atoms with Crippen molar-refractivity contribution in [3.8, 4) is 0 Å². The Morgan fingerprint density at radius 3 is 2.88 bits per heavy atom. The molecule has 1 aliphatic heterocycles. The minimum absolute atomic E-state index is 0.0760. The van der Waals surface area contributed by atoms with E-state index in [-0.39, 0.29) is 5.91 Å². The van der Waals surface area contributed by atoms with Crippen molar-refractivity contribution >= 4 is 22.4 Å². The van der Waals surface area contributed by atoms with Crippen LogP contribution in [0.3, 0.4) is 0 Å². The fourth-order valence-electron chi connectivity index (χ4n) is 3.49. The van der Waals surface area contributed by atoms with Gasteiger partial charge in [-0.2, -0.15) is 0 Å². The van der Waals surface area contributed by atoms with Crippen molar-refractivity contribution < 1.29 is 4.79 Å². The summed E-state index contributed by atoms with van der Waals surface area (Å²) in [4.78, 5) is 23.6. The second-order valence-corrected chi connectivity index (χ2v) is 8.13. The lowest BCUT2D eigenvalue weighted by molar-refractivity contribution is -0.114. The minimum atomic E-state index is -0.0760. The SMILES string of the molecule is CC(=O)Nc1ncc(CN2CCCNC(Cc3cc(C)nc(C)c3)C2)s1. The predicted molar refractivity (Wildman–Crippen MR) is 106 cm³/mol. The number of nitrogens with zero attached hydrogens (tertiary/aromatic N) is 3. The summed E-state index contributed by atoms with van der Waals surface area (Å²) >= 11 is 1.56. The van der Waals surface area contributed by atoms with Crippen LogP contribution in [0.2, 0.25) is 0 Å². The van der Waals surface area contributed by atoms with Crippen molar-refractivity contribution in [2.45, 2.75) is 46.2 Å². The van der Waals surface area contributed by atoms with Gasteiger partial charge in [-0.3, -0.25) is 14.7 Å². The Labute approximate surface area is 159 Å². The number of thiazole rings is 1. The van der Waals surface area contributed by atoms with Crippen molar-refractivity contribution in [2.24, 2.45) is 0 Å². The molecule has 2 aromatic rings. The van der Waals surface area contributed by atoms with Gasteiger partial charge in [0.2, 0.25) is 5.91 Å². The van der Waals surface area contributed by atoms with Crippen LogP contribution >= 0.6 is 11.3 Å². The molecule has 2 aromatic heterocycles. The van der Waals surface area contributed by atoms with Crippen LogP contribution in [-0.2, 0) is 17.8 Å². The van der Waals surface area contributed by atoms with Crippen LogP contribution in [0, 0.1) is 13.8 Å². The maximum Gasteiger partial charge on any atom is 0.223 e. The maximum absolute atomic E-state index is 11.2. The first-order valence-corrected chi connectivity index (χ1v) is 9.92. The summed E-state index contributed by atoms with van der Waals surface area (Å²) < 4.78 is 0. The topological polar surface area (TPSA) is 70.2 Å². The summed E-state index contributed by atoms with van der Waals surface area (Å²) in [7, 11) is 0. The van der Waals surface area contributed by atoms with Gasteiger partial charge in [-0.1, -0.05) is 0 Å². The molecule has 2 N–H and O–H groups in total. The number of anilines is 1. The number of rotatable bonds is 5. The molecule has 0 bridgehead atoms. The van der Waals surface area contributed by atoms with E-state index in [0.29, 0.717) is 11.2 Å². The highest BCUT2D eigenvalue weighted by Gasteiger charge is 2.19. The summed E-state index contributed by atoms with van der Waals surface area (Å²) in [6.45, 7) is 9.63. The van der Waals surface area contributed by atoms with Crippen molar-refractivity contribution in [3.63, 3.8) is 0 Å². The van der Waals surface area contributed by atoms with Crippen molar-refractivity contribution in [2.75, 3.05) is 25.0 Å². The molecule has 0 aromatic carbocycles. The highest BCUT2D eigenvalue weighted by Crippen LogP contribution is 2.21. The standard InChI is InChI=1S/C19H27N5OS/c1-13-7-16(8-14(2)22-13)9-17-11-24(6-4-5-20-17)12-18-10-21-19(26-18)23-15(3)25/h7-8,10,17,20H,4-6,9,11-12H2,1-3H3,(H,21,23,25). The smallest absolute Gasteiger partial charge is 0.223 e. The van der Waals surface area contributed by atoms with E-state index in [0.717, 1.165) is 50.4 Å². The highest BCUT2D eigenvalue weighted by molar-refractivity contribution is 7.15. The zero-order valence-corrected chi connectivity index (χ0v) is 16.5. The van der Waals surface area contributed by atoms with Gasteiger partial charge in [0, 0.05) is 48.5 Å². The molecular formula is C19H27N5OS. The van der Waals surface area contributed by atoms with Crippen molar-refractivity contribution in [1.29, 1.82) is 0 Å². The molecule has 6 nitrogen and oxygen atoms in total. The average molecular weight is 374 g/mol. The summed E-state index contributed by atoms with van der Waals surface area (Å²) in [5.74, 6) is -0.0760. The van der Waals surface area contributed by atoms with E-state index >= 15 is 0 Å². The molecule has 0 aliphatic carbocycles. The number of amides is 1. The third kappa shape index (κ3) is 5.59. The van der Waals surface area contributed by atoms with Crippen LogP contribution in [0.5, 0.6) is 0 Å². The third-order valence-electron chi connectivity index (χ3n) is 4.40. The molecule has 140 valence electrons. The number of aryl methyl sites for hydroxylation is 2. The molecule has 1 amide bonds.